The topological polar surface area (TPSA) is 92.6 Å². The number of nitrogens with zero attached hydrogens (tertiary/aromatic N) is 2. The first-order valence-electron chi connectivity index (χ1n) is 5.72. The number of imide groups is 1. The number of rotatable bonds is 3. The highest BCUT2D eigenvalue weighted by atomic mass is 35.5. The van der Waals surface area contributed by atoms with Crippen LogP contribution >= 0.6 is 11.6 Å². The van der Waals surface area contributed by atoms with Crippen LogP contribution in [-0.4, -0.2) is 28.3 Å². The summed E-state index contributed by atoms with van der Waals surface area (Å²) in [6, 6.07) is 3.34. The molecule has 1 saturated heterocycles. The first-order valence-corrected chi connectivity index (χ1v) is 6.10. The van der Waals surface area contributed by atoms with Crippen molar-refractivity contribution in [2.24, 2.45) is 0 Å². The Morgan fingerprint density at radius 1 is 1.45 bits per heavy atom. The molecule has 1 aromatic carbocycles. The Morgan fingerprint density at radius 3 is 2.70 bits per heavy atom. The van der Waals surface area contributed by atoms with Gasteiger partial charge in [0.25, 0.3) is 11.6 Å². The maximum absolute atomic E-state index is 11.9. The number of hydrogen-bond donors (Lipinski definition) is 1. The average molecular weight is 296 g/mol. The summed E-state index contributed by atoms with van der Waals surface area (Å²) in [6.45, 7) is 1.91. The highest BCUT2D eigenvalue weighted by Gasteiger charge is 2.32. The third-order valence-electron chi connectivity index (χ3n) is 2.77. The number of urea groups is 1. The van der Waals surface area contributed by atoms with Crippen LogP contribution < -0.4 is 5.32 Å². The number of hydrogen-bond acceptors (Lipinski definition) is 4. The summed E-state index contributed by atoms with van der Waals surface area (Å²) in [4.78, 5) is 34.5. The van der Waals surface area contributed by atoms with Gasteiger partial charge in [-0.05, 0) is 19.1 Å². The van der Waals surface area contributed by atoms with E-state index in [1.165, 1.54) is 24.3 Å². The number of halogens is 1. The van der Waals surface area contributed by atoms with E-state index in [0.29, 0.717) is 5.56 Å². The van der Waals surface area contributed by atoms with Gasteiger partial charge >= 0.3 is 6.03 Å². The molecule has 0 saturated carbocycles. The highest BCUT2D eigenvalue weighted by Crippen LogP contribution is 2.25. The lowest BCUT2D eigenvalue weighted by atomic mass is 10.1. The Kier molecular flexibility index (Phi) is 3.71. The Bertz CT molecular complexity index is 642. The number of carbonyl (C=O) groups excluding carboxylic acids is 2. The smallest absolute Gasteiger partial charge is 0.303 e. The van der Waals surface area contributed by atoms with Gasteiger partial charge in [-0.15, -0.1) is 0 Å². The minimum absolute atomic E-state index is 0.0410. The van der Waals surface area contributed by atoms with Gasteiger partial charge in [0.05, 0.1) is 4.92 Å². The van der Waals surface area contributed by atoms with E-state index in [1.807, 2.05) is 0 Å². The van der Waals surface area contributed by atoms with Crippen molar-refractivity contribution in [2.45, 2.75) is 6.92 Å². The van der Waals surface area contributed by atoms with Crippen molar-refractivity contribution in [3.05, 3.63) is 44.6 Å². The predicted molar refractivity (Wildman–Crippen MR) is 72.0 cm³/mol. The van der Waals surface area contributed by atoms with Gasteiger partial charge < -0.3 is 5.32 Å². The van der Waals surface area contributed by atoms with Crippen molar-refractivity contribution in [1.29, 1.82) is 0 Å². The van der Waals surface area contributed by atoms with Crippen LogP contribution in [0, 0.1) is 10.1 Å². The molecule has 0 radical (unpaired) electrons. The number of nitrogens with one attached hydrogen (secondary N) is 1. The van der Waals surface area contributed by atoms with E-state index in [9.17, 15) is 19.7 Å². The summed E-state index contributed by atoms with van der Waals surface area (Å²) in [5, 5.41) is 13.4. The first kappa shape index (κ1) is 14.0. The second-order valence-electron chi connectivity index (χ2n) is 4.00. The van der Waals surface area contributed by atoms with Crippen LogP contribution in [0.15, 0.2) is 23.9 Å². The monoisotopic (exact) mass is 295 g/mol. The lowest BCUT2D eigenvalue weighted by Gasteiger charge is -2.06. The highest BCUT2D eigenvalue weighted by molar-refractivity contribution is 6.32. The number of amides is 3. The molecule has 3 amide bonds. The molecule has 1 aliphatic heterocycles. The van der Waals surface area contributed by atoms with Crippen LogP contribution in [0.5, 0.6) is 0 Å². The number of benzene rings is 1. The van der Waals surface area contributed by atoms with Crippen LogP contribution in [0.1, 0.15) is 12.5 Å². The van der Waals surface area contributed by atoms with Crippen molar-refractivity contribution in [1.82, 2.24) is 10.2 Å². The molecule has 1 aromatic rings. The second kappa shape index (κ2) is 5.30. The van der Waals surface area contributed by atoms with Crippen LogP contribution in [0.25, 0.3) is 6.08 Å². The van der Waals surface area contributed by atoms with Gasteiger partial charge in [0.2, 0.25) is 0 Å². The molecule has 0 aromatic heterocycles. The predicted octanol–water partition coefficient (Wildman–Crippen LogP) is 2.16. The zero-order chi connectivity index (χ0) is 14.9. The van der Waals surface area contributed by atoms with Gasteiger partial charge in [-0.3, -0.25) is 19.8 Å². The summed E-state index contributed by atoms with van der Waals surface area (Å²) >= 11 is 5.93. The average Bonchev–Trinajstić information content (AvgIpc) is 2.66. The largest absolute Gasteiger partial charge is 0.328 e. The molecular weight excluding hydrogens is 286 g/mol. The maximum Gasteiger partial charge on any atom is 0.328 e. The quantitative estimate of drug-likeness (QED) is 0.400. The van der Waals surface area contributed by atoms with Crippen molar-refractivity contribution >= 4 is 35.3 Å². The molecule has 0 unspecified atom stereocenters. The van der Waals surface area contributed by atoms with Gasteiger partial charge in [0.1, 0.15) is 5.70 Å². The number of nitro groups is 1. The number of likely N-dealkylation sites (N-methyl/N-ethyl adjacent to an activating group) is 1. The van der Waals surface area contributed by atoms with Crippen molar-refractivity contribution < 1.29 is 14.5 Å². The molecule has 0 aliphatic carbocycles. The minimum Gasteiger partial charge on any atom is -0.303 e. The second-order valence-corrected chi connectivity index (χ2v) is 4.41. The van der Waals surface area contributed by atoms with E-state index in [-0.39, 0.29) is 23.0 Å². The fraction of sp³-hybridized carbons (Fsp3) is 0.167. The Balaban J connectivity index is 2.41. The van der Waals surface area contributed by atoms with Crippen molar-refractivity contribution in [2.75, 3.05) is 6.54 Å². The zero-order valence-corrected chi connectivity index (χ0v) is 11.2. The maximum atomic E-state index is 11.9. The van der Waals surface area contributed by atoms with Crippen molar-refractivity contribution in [3.63, 3.8) is 0 Å². The summed E-state index contributed by atoms with van der Waals surface area (Å²) in [6.07, 6.45) is 1.32. The van der Waals surface area contributed by atoms with Gasteiger partial charge in [-0.1, -0.05) is 11.6 Å². The lowest BCUT2D eigenvalue weighted by Crippen LogP contribution is -2.30. The van der Waals surface area contributed by atoms with Gasteiger partial charge in [-0.2, -0.15) is 0 Å². The Labute approximate surface area is 119 Å². The normalized spacial score (nSPS) is 16.7. The molecule has 0 bridgehead atoms. The van der Waals surface area contributed by atoms with E-state index in [2.05, 4.69) is 5.32 Å². The van der Waals surface area contributed by atoms with Crippen LogP contribution in [-0.2, 0) is 4.79 Å². The van der Waals surface area contributed by atoms with Gasteiger partial charge in [-0.25, -0.2) is 4.79 Å². The van der Waals surface area contributed by atoms with E-state index in [0.717, 1.165) is 4.90 Å². The van der Waals surface area contributed by atoms with Gasteiger partial charge in [0.15, 0.2) is 0 Å². The minimum atomic E-state index is -0.564. The van der Waals surface area contributed by atoms with Crippen molar-refractivity contribution in [3.8, 4) is 0 Å². The summed E-state index contributed by atoms with van der Waals surface area (Å²) < 4.78 is 0. The van der Waals surface area contributed by atoms with E-state index >= 15 is 0 Å². The van der Waals surface area contributed by atoms with E-state index in [4.69, 9.17) is 11.6 Å². The Hall–Kier alpha value is -2.41. The molecule has 8 heteroatoms. The molecule has 2 rings (SSSR count). The number of nitro benzene ring substituents is 1. The molecule has 7 nitrogen and oxygen atoms in total. The fourth-order valence-electron chi connectivity index (χ4n) is 1.77. The van der Waals surface area contributed by atoms with Crippen LogP contribution in [0.3, 0.4) is 0 Å². The SMILES string of the molecule is CCN1C(=O)N/C(=C/c2cc([N+](=O)[O-])ccc2Cl)C1=O. The van der Waals surface area contributed by atoms with Gasteiger partial charge in [0, 0.05) is 29.3 Å². The molecular formula is C12H10ClN3O4. The lowest BCUT2D eigenvalue weighted by molar-refractivity contribution is -0.384. The molecule has 1 fully saturated rings. The fourth-order valence-corrected chi connectivity index (χ4v) is 1.94. The number of non-ortho nitro benzene ring substituents is 1. The molecule has 104 valence electrons. The molecule has 1 heterocycles. The standard InChI is InChI=1S/C12H10ClN3O4/c1-2-15-11(17)10(14-12(15)18)6-7-5-8(16(19)20)3-4-9(7)13/h3-6H,2H2,1H3,(H,14,18)/b10-6+. The van der Waals surface area contributed by atoms with Crippen LogP contribution in [0.4, 0.5) is 10.5 Å². The third kappa shape index (κ3) is 2.48. The number of carbonyl (C=O) groups is 2. The summed E-state index contributed by atoms with van der Waals surface area (Å²) in [7, 11) is 0. The summed E-state index contributed by atoms with van der Waals surface area (Å²) in [5.74, 6) is -0.486. The van der Waals surface area contributed by atoms with Crippen LogP contribution in [0.2, 0.25) is 5.02 Å². The molecule has 0 spiro atoms. The molecule has 0 atom stereocenters. The van der Waals surface area contributed by atoms with E-state index in [1.54, 1.807) is 6.92 Å². The molecule has 1 N–H and O–H groups in total. The summed E-state index contributed by atoms with van der Waals surface area (Å²) in [5.41, 5.74) is 0.187. The zero-order valence-electron chi connectivity index (χ0n) is 10.4. The third-order valence-corrected chi connectivity index (χ3v) is 3.11. The Morgan fingerprint density at radius 2 is 2.15 bits per heavy atom. The van der Waals surface area contributed by atoms with E-state index < -0.39 is 16.9 Å². The molecule has 20 heavy (non-hydrogen) atoms. The molecule has 1 aliphatic rings. The first-order chi connectivity index (χ1) is 9.43.